The molecule has 2 N–H and O–H groups in total. The number of hydrogen-bond donors (Lipinski definition) is 2. The van der Waals surface area contributed by atoms with Crippen LogP contribution in [0.2, 0.25) is 0 Å². The van der Waals surface area contributed by atoms with Gasteiger partial charge in [0.05, 0.1) is 0 Å². The summed E-state index contributed by atoms with van der Waals surface area (Å²) in [5.41, 5.74) is 3.13. The summed E-state index contributed by atoms with van der Waals surface area (Å²) in [6, 6.07) is 13.4. The zero-order valence-electron chi connectivity index (χ0n) is 22.8. The van der Waals surface area contributed by atoms with E-state index in [2.05, 4.69) is 10.6 Å². The maximum atomic E-state index is 13.8. The van der Waals surface area contributed by atoms with Gasteiger partial charge in [-0.15, -0.1) is 0 Å². The number of hydrogen-bond acceptors (Lipinski definition) is 4. The molecule has 0 radical (unpaired) electrons. The van der Waals surface area contributed by atoms with E-state index >= 15 is 0 Å². The molecule has 7 nitrogen and oxygen atoms in total. The second-order valence-electron chi connectivity index (χ2n) is 10.3. The lowest BCUT2D eigenvalue weighted by molar-refractivity contribution is -0.144. The molecule has 3 unspecified atom stereocenters. The second kappa shape index (κ2) is 12.6. The summed E-state index contributed by atoms with van der Waals surface area (Å²) in [6.45, 7) is 15.1. The van der Waals surface area contributed by atoms with Crippen molar-refractivity contribution >= 4 is 17.9 Å². The number of benzene rings is 2. The first-order chi connectivity index (χ1) is 16.8. The van der Waals surface area contributed by atoms with E-state index in [1.807, 2.05) is 76.2 Å². The molecule has 36 heavy (non-hydrogen) atoms. The fourth-order valence-electron chi connectivity index (χ4n) is 3.82. The van der Waals surface area contributed by atoms with Gasteiger partial charge in [-0.1, -0.05) is 55.5 Å². The standard InChI is InChI=1S/C29H41N3O4/c1-9-21(4)32(27(34)22(5)31-28(35)36-29(6,7)8)25(24-16-15-19(2)20(3)17-24)26(33)30-18-23-13-11-10-12-14-23/h10-17,21-22,25H,9,18H2,1-8H3,(H,30,33)(H,31,35). The van der Waals surface area contributed by atoms with Crippen molar-refractivity contribution in [3.05, 3.63) is 70.8 Å². The third kappa shape index (κ3) is 8.11. The van der Waals surface area contributed by atoms with E-state index in [0.717, 1.165) is 22.3 Å². The Hall–Kier alpha value is -3.35. The van der Waals surface area contributed by atoms with Gasteiger partial charge in [-0.05, 0) is 77.1 Å². The minimum atomic E-state index is -0.884. The van der Waals surface area contributed by atoms with Crippen LogP contribution in [0.25, 0.3) is 0 Å². The van der Waals surface area contributed by atoms with Crippen LogP contribution < -0.4 is 10.6 Å². The Balaban J connectivity index is 2.42. The Bertz CT molecular complexity index is 1050. The van der Waals surface area contributed by atoms with Gasteiger partial charge in [0.25, 0.3) is 0 Å². The van der Waals surface area contributed by atoms with E-state index in [1.165, 1.54) is 0 Å². The van der Waals surface area contributed by atoms with Crippen molar-refractivity contribution < 1.29 is 19.1 Å². The molecule has 7 heteroatoms. The van der Waals surface area contributed by atoms with Crippen molar-refractivity contribution in [1.29, 1.82) is 0 Å². The molecule has 0 fully saturated rings. The number of aryl methyl sites for hydroxylation is 2. The smallest absolute Gasteiger partial charge is 0.408 e. The van der Waals surface area contributed by atoms with Crippen LogP contribution in [-0.2, 0) is 20.9 Å². The topological polar surface area (TPSA) is 87.7 Å². The van der Waals surface area contributed by atoms with Crippen LogP contribution in [0.15, 0.2) is 48.5 Å². The Morgan fingerprint density at radius 3 is 2.17 bits per heavy atom. The lowest BCUT2D eigenvalue weighted by atomic mass is 9.96. The number of amides is 3. The molecule has 3 atom stereocenters. The predicted octanol–water partition coefficient (Wildman–Crippen LogP) is 5.20. The third-order valence-corrected chi connectivity index (χ3v) is 6.11. The van der Waals surface area contributed by atoms with Gasteiger partial charge >= 0.3 is 6.09 Å². The fraction of sp³-hybridized carbons (Fsp3) is 0.483. The van der Waals surface area contributed by atoms with Crippen LogP contribution in [0.3, 0.4) is 0 Å². The van der Waals surface area contributed by atoms with Crippen molar-refractivity contribution in [3.63, 3.8) is 0 Å². The maximum Gasteiger partial charge on any atom is 0.408 e. The first-order valence-corrected chi connectivity index (χ1v) is 12.5. The van der Waals surface area contributed by atoms with E-state index in [1.54, 1.807) is 32.6 Å². The highest BCUT2D eigenvalue weighted by molar-refractivity contribution is 5.92. The highest BCUT2D eigenvalue weighted by atomic mass is 16.6. The van der Waals surface area contributed by atoms with Crippen LogP contribution in [-0.4, -0.2) is 40.5 Å². The molecular weight excluding hydrogens is 454 g/mol. The number of nitrogens with one attached hydrogen (secondary N) is 2. The van der Waals surface area contributed by atoms with Crippen LogP contribution in [0.1, 0.15) is 76.3 Å². The van der Waals surface area contributed by atoms with Crippen molar-refractivity contribution in [2.75, 3.05) is 0 Å². The first-order valence-electron chi connectivity index (χ1n) is 12.5. The van der Waals surface area contributed by atoms with Gasteiger partial charge in [0.1, 0.15) is 17.7 Å². The number of carbonyl (C=O) groups excluding carboxylic acids is 3. The van der Waals surface area contributed by atoms with Gasteiger partial charge in [-0.2, -0.15) is 0 Å². The lowest BCUT2D eigenvalue weighted by Crippen LogP contribution is -2.54. The molecule has 0 bridgehead atoms. The van der Waals surface area contributed by atoms with Gasteiger partial charge in [0, 0.05) is 12.6 Å². The summed E-state index contributed by atoms with van der Waals surface area (Å²) in [5.74, 6) is -0.631. The lowest BCUT2D eigenvalue weighted by Gasteiger charge is -2.37. The number of nitrogens with zero attached hydrogens (tertiary/aromatic N) is 1. The van der Waals surface area contributed by atoms with E-state index in [9.17, 15) is 14.4 Å². The molecular formula is C29H41N3O4. The normalized spacial score (nSPS) is 13.8. The molecule has 0 aromatic heterocycles. The highest BCUT2D eigenvalue weighted by Gasteiger charge is 2.37. The van der Waals surface area contributed by atoms with Crippen molar-refractivity contribution in [2.45, 2.75) is 92.1 Å². The minimum Gasteiger partial charge on any atom is -0.444 e. The van der Waals surface area contributed by atoms with Crippen LogP contribution in [0, 0.1) is 13.8 Å². The monoisotopic (exact) mass is 495 g/mol. The molecule has 2 rings (SSSR count). The Morgan fingerprint density at radius 2 is 1.61 bits per heavy atom. The molecule has 196 valence electrons. The molecule has 0 aliphatic heterocycles. The van der Waals surface area contributed by atoms with Gasteiger partial charge in [-0.3, -0.25) is 9.59 Å². The molecule has 0 heterocycles. The van der Waals surface area contributed by atoms with Crippen molar-refractivity contribution in [3.8, 4) is 0 Å². The molecule has 0 aliphatic rings. The Kier molecular flexibility index (Phi) is 10.1. The van der Waals surface area contributed by atoms with Crippen LogP contribution in [0.4, 0.5) is 4.79 Å². The molecule has 0 spiro atoms. The molecule has 0 saturated heterocycles. The summed E-state index contributed by atoms with van der Waals surface area (Å²) in [6.07, 6.45) is -0.0400. The molecule has 0 aliphatic carbocycles. The number of ether oxygens (including phenoxy) is 1. The summed E-state index contributed by atoms with van der Waals surface area (Å²) in [4.78, 5) is 41.4. The second-order valence-corrected chi connectivity index (χ2v) is 10.3. The van der Waals surface area contributed by atoms with Gasteiger partial charge in [0.15, 0.2) is 0 Å². The van der Waals surface area contributed by atoms with E-state index < -0.39 is 23.8 Å². The molecule has 0 saturated carbocycles. The summed E-state index contributed by atoms with van der Waals surface area (Å²) in [5, 5.41) is 5.65. The Labute approximate surface area is 215 Å². The van der Waals surface area contributed by atoms with E-state index in [4.69, 9.17) is 4.74 Å². The van der Waals surface area contributed by atoms with Gasteiger partial charge in [-0.25, -0.2) is 4.79 Å². The van der Waals surface area contributed by atoms with E-state index in [-0.39, 0.29) is 17.9 Å². The number of rotatable bonds is 9. The molecule has 2 aromatic carbocycles. The van der Waals surface area contributed by atoms with Crippen molar-refractivity contribution in [2.24, 2.45) is 0 Å². The zero-order chi connectivity index (χ0) is 27.0. The molecule has 3 amide bonds. The Morgan fingerprint density at radius 1 is 0.972 bits per heavy atom. The van der Waals surface area contributed by atoms with Gasteiger partial charge in [0.2, 0.25) is 11.8 Å². The summed E-state index contributed by atoms with van der Waals surface area (Å²) in [7, 11) is 0. The van der Waals surface area contributed by atoms with Crippen LogP contribution in [0.5, 0.6) is 0 Å². The number of carbonyl (C=O) groups is 3. The first kappa shape index (κ1) is 28.9. The van der Waals surface area contributed by atoms with Gasteiger partial charge < -0.3 is 20.3 Å². The van der Waals surface area contributed by atoms with E-state index in [0.29, 0.717) is 13.0 Å². The fourth-order valence-corrected chi connectivity index (χ4v) is 3.82. The SMILES string of the molecule is CCC(C)N(C(=O)C(C)NC(=O)OC(C)(C)C)C(C(=O)NCc1ccccc1)c1ccc(C)c(C)c1. The summed E-state index contributed by atoms with van der Waals surface area (Å²) >= 11 is 0. The van der Waals surface area contributed by atoms with Crippen molar-refractivity contribution in [1.82, 2.24) is 15.5 Å². The molecule has 2 aromatic rings. The third-order valence-electron chi connectivity index (χ3n) is 6.11. The quantitative estimate of drug-likeness (QED) is 0.500. The highest BCUT2D eigenvalue weighted by Crippen LogP contribution is 2.28. The number of alkyl carbamates (subject to hydrolysis) is 1. The average molecular weight is 496 g/mol. The van der Waals surface area contributed by atoms with Crippen LogP contribution >= 0.6 is 0 Å². The predicted molar refractivity (Wildman–Crippen MR) is 142 cm³/mol. The maximum absolute atomic E-state index is 13.8. The minimum absolute atomic E-state index is 0.255. The largest absolute Gasteiger partial charge is 0.444 e. The zero-order valence-corrected chi connectivity index (χ0v) is 22.8. The average Bonchev–Trinajstić information content (AvgIpc) is 2.81. The summed E-state index contributed by atoms with van der Waals surface area (Å²) < 4.78 is 5.33.